The number of nitrogens with zero attached hydrogens (tertiary/aromatic N) is 2. The zero-order valence-electron chi connectivity index (χ0n) is 17.1. The Morgan fingerprint density at radius 1 is 1.28 bits per heavy atom. The SMILES string of the molecule is Cc1nc(C)c(C(=O)C2=C(O)C(=O)N(CCCOC(C)C)C2c2ccccc2)s1. The number of carbonyl (C=O) groups excluding carboxylic acids is 2. The third-order valence-electron chi connectivity index (χ3n) is 4.77. The predicted octanol–water partition coefficient (Wildman–Crippen LogP) is 4.15. The number of thiazole rings is 1. The lowest BCUT2D eigenvalue weighted by Crippen LogP contribution is -2.32. The van der Waals surface area contributed by atoms with Crippen LogP contribution in [-0.4, -0.2) is 45.9 Å². The summed E-state index contributed by atoms with van der Waals surface area (Å²) in [4.78, 5) is 32.5. The van der Waals surface area contributed by atoms with Gasteiger partial charge >= 0.3 is 0 Å². The second-order valence-electron chi connectivity index (χ2n) is 7.32. The van der Waals surface area contributed by atoms with Crippen LogP contribution in [0, 0.1) is 13.8 Å². The van der Waals surface area contributed by atoms with Gasteiger partial charge in [-0.05, 0) is 39.7 Å². The summed E-state index contributed by atoms with van der Waals surface area (Å²) in [6, 6.07) is 8.71. The Bertz CT molecular complexity index is 934. The molecule has 0 saturated heterocycles. The molecular weight excluding hydrogens is 388 g/mol. The minimum absolute atomic E-state index is 0.107. The van der Waals surface area contributed by atoms with Gasteiger partial charge in [-0.15, -0.1) is 11.3 Å². The Morgan fingerprint density at radius 3 is 2.55 bits per heavy atom. The fourth-order valence-corrected chi connectivity index (χ4v) is 4.39. The van der Waals surface area contributed by atoms with Gasteiger partial charge in [0.2, 0.25) is 5.78 Å². The number of ketones is 1. The molecule has 154 valence electrons. The monoisotopic (exact) mass is 414 g/mol. The molecule has 3 rings (SSSR count). The zero-order valence-corrected chi connectivity index (χ0v) is 18.0. The Morgan fingerprint density at radius 2 is 1.97 bits per heavy atom. The van der Waals surface area contributed by atoms with Crippen LogP contribution in [0.5, 0.6) is 0 Å². The average Bonchev–Trinajstić information content (AvgIpc) is 3.15. The van der Waals surface area contributed by atoms with Crippen molar-refractivity contribution in [1.82, 2.24) is 9.88 Å². The number of hydrogen-bond donors (Lipinski definition) is 1. The summed E-state index contributed by atoms with van der Waals surface area (Å²) >= 11 is 1.28. The largest absolute Gasteiger partial charge is 0.503 e. The Kier molecular flexibility index (Phi) is 6.49. The number of aryl methyl sites for hydroxylation is 2. The van der Waals surface area contributed by atoms with Crippen LogP contribution in [0.2, 0.25) is 0 Å². The molecule has 7 heteroatoms. The van der Waals surface area contributed by atoms with E-state index >= 15 is 0 Å². The van der Waals surface area contributed by atoms with Crippen molar-refractivity contribution in [1.29, 1.82) is 0 Å². The second-order valence-corrected chi connectivity index (χ2v) is 8.53. The molecule has 0 aliphatic carbocycles. The van der Waals surface area contributed by atoms with Gasteiger partial charge in [-0.2, -0.15) is 0 Å². The van der Waals surface area contributed by atoms with Crippen LogP contribution in [0.25, 0.3) is 0 Å². The smallest absolute Gasteiger partial charge is 0.290 e. The number of aliphatic hydroxyl groups excluding tert-OH is 1. The lowest BCUT2D eigenvalue weighted by molar-refractivity contribution is -0.129. The Labute approximate surface area is 174 Å². The highest BCUT2D eigenvalue weighted by molar-refractivity contribution is 7.14. The number of aromatic nitrogens is 1. The quantitative estimate of drug-likeness (QED) is 0.518. The zero-order chi connectivity index (χ0) is 21.1. The van der Waals surface area contributed by atoms with Crippen LogP contribution in [0.4, 0.5) is 0 Å². The lowest BCUT2D eigenvalue weighted by atomic mass is 9.95. The number of carbonyl (C=O) groups is 2. The molecule has 0 radical (unpaired) electrons. The number of benzene rings is 1. The minimum Gasteiger partial charge on any atom is -0.503 e. The van der Waals surface area contributed by atoms with Gasteiger partial charge in [-0.3, -0.25) is 9.59 Å². The number of Topliss-reactive ketones (excluding diaryl/α,β-unsaturated/α-hetero) is 1. The number of amides is 1. The van der Waals surface area contributed by atoms with Gasteiger partial charge in [0.15, 0.2) is 5.76 Å². The van der Waals surface area contributed by atoms with Gasteiger partial charge in [-0.1, -0.05) is 30.3 Å². The molecule has 0 bridgehead atoms. The first-order chi connectivity index (χ1) is 13.8. The molecule has 29 heavy (non-hydrogen) atoms. The number of rotatable bonds is 8. The molecule has 1 aliphatic heterocycles. The van der Waals surface area contributed by atoms with E-state index in [1.807, 2.05) is 51.1 Å². The van der Waals surface area contributed by atoms with Crippen LogP contribution in [0.1, 0.15) is 52.2 Å². The van der Waals surface area contributed by atoms with Crippen molar-refractivity contribution in [2.75, 3.05) is 13.2 Å². The van der Waals surface area contributed by atoms with E-state index in [2.05, 4.69) is 4.98 Å². The van der Waals surface area contributed by atoms with E-state index in [1.165, 1.54) is 11.3 Å². The van der Waals surface area contributed by atoms with Crippen LogP contribution in [-0.2, 0) is 9.53 Å². The molecule has 2 aromatic rings. The standard InChI is InChI=1S/C22H26N2O4S/c1-13(2)28-12-8-11-24-18(16-9-6-5-7-10-16)17(20(26)22(24)27)19(25)21-14(3)23-15(4)29-21/h5-7,9-10,13,18,26H,8,11-12H2,1-4H3. The molecule has 0 saturated carbocycles. The second kappa shape index (κ2) is 8.88. The Hall–Kier alpha value is -2.51. The molecule has 1 atom stereocenters. The van der Waals surface area contributed by atoms with E-state index in [0.29, 0.717) is 30.1 Å². The van der Waals surface area contributed by atoms with Crippen molar-refractivity contribution in [2.24, 2.45) is 0 Å². The molecule has 1 amide bonds. The van der Waals surface area contributed by atoms with Gasteiger partial charge < -0.3 is 14.7 Å². The van der Waals surface area contributed by atoms with E-state index < -0.39 is 17.7 Å². The van der Waals surface area contributed by atoms with Crippen LogP contribution in [0.15, 0.2) is 41.7 Å². The normalized spacial score (nSPS) is 16.9. The summed E-state index contributed by atoms with van der Waals surface area (Å²) in [5.74, 6) is -1.33. The van der Waals surface area contributed by atoms with Gasteiger partial charge in [0.25, 0.3) is 5.91 Å². The van der Waals surface area contributed by atoms with Crippen molar-refractivity contribution in [3.8, 4) is 0 Å². The first-order valence-corrected chi connectivity index (χ1v) is 10.5. The Balaban J connectivity index is 1.95. The first kappa shape index (κ1) is 21.2. The van der Waals surface area contributed by atoms with E-state index in [0.717, 1.165) is 10.6 Å². The maximum atomic E-state index is 13.3. The van der Waals surface area contributed by atoms with Gasteiger partial charge in [0, 0.05) is 13.2 Å². The van der Waals surface area contributed by atoms with Crippen molar-refractivity contribution < 1.29 is 19.4 Å². The molecular formula is C22H26N2O4S. The van der Waals surface area contributed by atoms with Crippen molar-refractivity contribution in [3.63, 3.8) is 0 Å². The molecule has 1 aliphatic rings. The van der Waals surface area contributed by atoms with E-state index in [1.54, 1.807) is 11.8 Å². The molecule has 6 nitrogen and oxygen atoms in total. The van der Waals surface area contributed by atoms with Gasteiger partial charge in [-0.25, -0.2) is 4.98 Å². The molecule has 1 N–H and O–H groups in total. The summed E-state index contributed by atoms with van der Waals surface area (Å²) in [5, 5.41) is 11.4. The third kappa shape index (κ3) is 4.41. The van der Waals surface area contributed by atoms with E-state index in [9.17, 15) is 14.7 Å². The highest BCUT2D eigenvalue weighted by Crippen LogP contribution is 2.40. The summed E-state index contributed by atoms with van der Waals surface area (Å²) < 4.78 is 5.58. The topological polar surface area (TPSA) is 79.7 Å². The fourth-order valence-electron chi connectivity index (χ4n) is 3.52. The van der Waals surface area contributed by atoms with Gasteiger partial charge in [0.05, 0.1) is 33.3 Å². The number of ether oxygens (including phenoxy) is 1. The maximum Gasteiger partial charge on any atom is 0.290 e. The third-order valence-corrected chi connectivity index (χ3v) is 5.84. The minimum atomic E-state index is -0.628. The van der Waals surface area contributed by atoms with Crippen LogP contribution < -0.4 is 0 Å². The molecule has 2 heterocycles. The molecule has 1 aromatic carbocycles. The predicted molar refractivity (Wildman–Crippen MR) is 112 cm³/mol. The molecule has 1 aromatic heterocycles. The van der Waals surface area contributed by atoms with Gasteiger partial charge in [0.1, 0.15) is 0 Å². The maximum absolute atomic E-state index is 13.3. The summed E-state index contributed by atoms with van der Waals surface area (Å²) in [5.41, 5.74) is 1.52. The van der Waals surface area contributed by atoms with Crippen molar-refractivity contribution in [2.45, 2.75) is 46.3 Å². The first-order valence-electron chi connectivity index (χ1n) is 9.70. The number of hydrogen-bond acceptors (Lipinski definition) is 6. The van der Waals surface area contributed by atoms with E-state index in [4.69, 9.17) is 4.74 Å². The highest BCUT2D eigenvalue weighted by Gasteiger charge is 2.44. The highest BCUT2D eigenvalue weighted by atomic mass is 32.1. The molecule has 0 spiro atoms. The lowest BCUT2D eigenvalue weighted by Gasteiger charge is -2.27. The van der Waals surface area contributed by atoms with Crippen molar-refractivity contribution in [3.05, 3.63) is 62.8 Å². The fraction of sp³-hybridized carbons (Fsp3) is 0.409. The summed E-state index contributed by atoms with van der Waals surface area (Å²) in [6.07, 6.45) is 0.719. The van der Waals surface area contributed by atoms with E-state index in [-0.39, 0.29) is 17.5 Å². The van der Waals surface area contributed by atoms with Crippen molar-refractivity contribution >= 4 is 23.0 Å². The van der Waals surface area contributed by atoms with Crippen LogP contribution >= 0.6 is 11.3 Å². The average molecular weight is 415 g/mol. The molecule has 1 unspecified atom stereocenters. The molecule has 0 fully saturated rings. The summed E-state index contributed by atoms with van der Waals surface area (Å²) in [6.45, 7) is 8.39. The van der Waals surface area contributed by atoms with Crippen LogP contribution in [0.3, 0.4) is 0 Å². The number of aliphatic hydroxyl groups is 1. The summed E-state index contributed by atoms with van der Waals surface area (Å²) in [7, 11) is 0.